The van der Waals surface area contributed by atoms with E-state index in [1.54, 1.807) is 35.4 Å². The van der Waals surface area contributed by atoms with Crippen LogP contribution in [-0.2, 0) is 16.0 Å². The molecular weight excluding hydrogens is 392 g/mol. The number of carbonyl (C=O) groups is 2. The normalized spacial score (nSPS) is 17.7. The zero-order valence-corrected chi connectivity index (χ0v) is 17.3. The molecule has 158 valence electrons. The number of nitrogens with zero attached hydrogens (tertiary/aromatic N) is 4. The number of amides is 2. The first kappa shape index (κ1) is 20.5. The van der Waals surface area contributed by atoms with Crippen molar-refractivity contribution in [3.63, 3.8) is 0 Å². The van der Waals surface area contributed by atoms with Gasteiger partial charge < -0.3 is 14.5 Å². The van der Waals surface area contributed by atoms with E-state index in [0.29, 0.717) is 18.7 Å². The van der Waals surface area contributed by atoms with Crippen molar-refractivity contribution in [1.82, 2.24) is 19.8 Å². The van der Waals surface area contributed by atoms with Crippen LogP contribution in [-0.4, -0.2) is 57.8 Å². The van der Waals surface area contributed by atoms with E-state index in [9.17, 15) is 9.59 Å². The van der Waals surface area contributed by atoms with Crippen molar-refractivity contribution in [1.29, 1.82) is 0 Å². The summed E-state index contributed by atoms with van der Waals surface area (Å²) in [5.41, 5.74) is 1.81. The Labute approximate surface area is 181 Å². The van der Waals surface area contributed by atoms with Gasteiger partial charge in [-0.25, -0.2) is 0 Å². The highest BCUT2D eigenvalue weighted by atomic mass is 16.5. The monoisotopic (exact) mass is 416 g/mol. The molecule has 2 unspecified atom stereocenters. The van der Waals surface area contributed by atoms with Crippen LogP contribution < -0.4 is 4.74 Å². The summed E-state index contributed by atoms with van der Waals surface area (Å²) in [7, 11) is 1.74. The minimum Gasteiger partial charge on any atom is -0.478 e. The molecule has 1 aromatic carbocycles. The van der Waals surface area contributed by atoms with Gasteiger partial charge in [-0.05, 0) is 42.0 Å². The Balaban J connectivity index is 1.43. The zero-order chi connectivity index (χ0) is 21.6. The Morgan fingerprint density at radius 1 is 1.03 bits per heavy atom. The third-order valence-electron chi connectivity index (χ3n) is 5.36. The van der Waals surface area contributed by atoms with Crippen LogP contribution in [0, 0.1) is 0 Å². The lowest BCUT2D eigenvalue weighted by atomic mass is 9.91. The molecule has 7 heteroatoms. The number of benzene rings is 1. The summed E-state index contributed by atoms with van der Waals surface area (Å²) < 4.78 is 5.96. The molecule has 1 aliphatic rings. The molecule has 0 aliphatic carbocycles. The number of aromatic nitrogens is 2. The Bertz CT molecular complexity index is 1010. The fraction of sp³-hybridized carbons (Fsp3) is 0.250. The number of likely N-dealkylation sites (tertiary alicyclic amines) is 1. The Kier molecular flexibility index (Phi) is 6.21. The molecule has 2 aromatic heterocycles. The maximum absolute atomic E-state index is 12.9. The maximum atomic E-state index is 12.9. The van der Waals surface area contributed by atoms with Gasteiger partial charge in [0, 0.05) is 44.3 Å². The molecule has 31 heavy (non-hydrogen) atoms. The highest BCUT2D eigenvalue weighted by Crippen LogP contribution is 2.37. The van der Waals surface area contributed by atoms with E-state index in [1.807, 2.05) is 60.7 Å². The van der Waals surface area contributed by atoms with Crippen LogP contribution in [0.5, 0.6) is 5.75 Å². The lowest BCUT2D eigenvalue weighted by molar-refractivity contribution is -0.167. The summed E-state index contributed by atoms with van der Waals surface area (Å²) in [4.78, 5) is 37.3. The summed E-state index contributed by atoms with van der Waals surface area (Å²) in [5.74, 6) is 0.303. The van der Waals surface area contributed by atoms with Gasteiger partial charge in [-0.1, -0.05) is 24.3 Å². The summed E-state index contributed by atoms with van der Waals surface area (Å²) in [6.07, 6.45) is 5.08. The molecule has 0 N–H and O–H groups in total. The van der Waals surface area contributed by atoms with Crippen molar-refractivity contribution >= 4 is 11.8 Å². The largest absolute Gasteiger partial charge is 0.478 e. The van der Waals surface area contributed by atoms with Gasteiger partial charge in [0.25, 0.3) is 5.91 Å². The zero-order valence-electron chi connectivity index (χ0n) is 17.3. The van der Waals surface area contributed by atoms with Crippen molar-refractivity contribution in [2.24, 2.45) is 0 Å². The SMILES string of the molecule is CN(CCc1ccccn1)C(=O)CN1C(=O)C(Oc2ccccc2)C1c1ccncc1. The van der Waals surface area contributed by atoms with E-state index in [0.717, 1.165) is 11.3 Å². The lowest BCUT2D eigenvalue weighted by Crippen LogP contribution is -2.63. The van der Waals surface area contributed by atoms with Crippen LogP contribution in [0.4, 0.5) is 0 Å². The van der Waals surface area contributed by atoms with Crippen LogP contribution in [0.15, 0.2) is 79.3 Å². The van der Waals surface area contributed by atoms with Gasteiger partial charge in [0.05, 0.1) is 0 Å². The number of β-lactam (4-membered cyclic amide) rings is 1. The van der Waals surface area contributed by atoms with Gasteiger partial charge in [0.15, 0.2) is 0 Å². The van der Waals surface area contributed by atoms with Crippen molar-refractivity contribution < 1.29 is 14.3 Å². The summed E-state index contributed by atoms with van der Waals surface area (Å²) in [5, 5.41) is 0. The molecule has 3 aromatic rings. The van der Waals surface area contributed by atoms with E-state index in [1.165, 1.54) is 0 Å². The van der Waals surface area contributed by atoms with Crippen molar-refractivity contribution in [3.8, 4) is 5.75 Å². The minimum atomic E-state index is -0.670. The number of para-hydroxylation sites is 1. The van der Waals surface area contributed by atoms with Crippen molar-refractivity contribution in [3.05, 3.63) is 90.5 Å². The summed E-state index contributed by atoms with van der Waals surface area (Å²) in [6.45, 7) is 0.529. The predicted molar refractivity (Wildman–Crippen MR) is 115 cm³/mol. The molecule has 7 nitrogen and oxygen atoms in total. The second-order valence-electron chi connectivity index (χ2n) is 7.43. The molecule has 1 aliphatic heterocycles. The van der Waals surface area contributed by atoms with Crippen LogP contribution >= 0.6 is 0 Å². The van der Waals surface area contributed by atoms with Crippen LogP contribution in [0.2, 0.25) is 0 Å². The van der Waals surface area contributed by atoms with Crippen LogP contribution in [0.3, 0.4) is 0 Å². The second kappa shape index (κ2) is 9.38. The fourth-order valence-electron chi connectivity index (χ4n) is 3.59. The van der Waals surface area contributed by atoms with Crippen LogP contribution in [0.1, 0.15) is 17.3 Å². The number of likely N-dealkylation sites (N-methyl/N-ethyl adjacent to an activating group) is 1. The molecule has 1 fully saturated rings. The first-order valence-corrected chi connectivity index (χ1v) is 10.2. The molecule has 2 amide bonds. The van der Waals surface area contributed by atoms with E-state index in [-0.39, 0.29) is 24.4 Å². The standard InChI is InChI=1S/C24H24N4O3/c1-27(16-12-19-7-5-6-13-26-19)21(29)17-28-22(18-10-14-25-15-11-18)23(24(28)30)31-20-8-3-2-4-9-20/h2-11,13-15,22-23H,12,16-17H2,1H3. The summed E-state index contributed by atoms with van der Waals surface area (Å²) >= 11 is 0. The lowest BCUT2D eigenvalue weighted by Gasteiger charge is -2.46. The third kappa shape index (κ3) is 4.71. The molecule has 1 saturated heterocycles. The predicted octanol–water partition coefficient (Wildman–Crippen LogP) is 2.51. The van der Waals surface area contributed by atoms with Crippen molar-refractivity contribution in [2.75, 3.05) is 20.1 Å². The second-order valence-corrected chi connectivity index (χ2v) is 7.43. The highest BCUT2D eigenvalue weighted by molar-refractivity contribution is 5.93. The van der Waals surface area contributed by atoms with E-state index in [2.05, 4.69) is 9.97 Å². The van der Waals surface area contributed by atoms with Gasteiger partial charge in [-0.15, -0.1) is 0 Å². The number of carbonyl (C=O) groups excluding carboxylic acids is 2. The van der Waals surface area contributed by atoms with E-state index < -0.39 is 6.10 Å². The molecule has 0 spiro atoms. The molecular formula is C24H24N4O3. The van der Waals surface area contributed by atoms with Crippen molar-refractivity contribution in [2.45, 2.75) is 18.6 Å². The first-order chi connectivity index (χ1) is 15.1. The number of rotatable bonds is 8. The number of ether oxygens (including phenoxy) is 1. The van der Waals surface area contributed by atoms with Crippen LogP contribution in [0.25, 0.3) is 0 Å². The summed E-state index contributed by atoms with van der Waals surface area (Å²) in [6, 6.07) is 18.3. The molecule has 0 bridgehead atoms. The third-order valence-corrected chi connectivity index (χ3v) is 5.36. The Morgan fingerprint density at radius 3 is 2.48 bits per heavy atom. The number of pyridine rings is 2. The Hall–Kier alpha value is -3.74. The molecule has 0 saturated carbocycles. The number of hydrogen-bond acceptors (Lipinski definition) is 5. The Morgan fingerprint density at radius 2 is 1.77 bits per heavy atom. The van der Waals surface area contributed by atoms with Gasteiger partial charge in [0.2, 0.25) is 12.0 Å². The average molecular weight is 416 g/mol. The van der Waals surface area contributed by atoms with E-state index in [4.69, 9.17) is 4.74 Å². The van der Waals surface area contributed by atoms with Gasteiger partial charge in [-0.2, -0.15) is 0 Å². The molecule has 4 rings (SSSR count). The smallest absolute Gasteiger partial charge is 0.267 e. The molecule has 3 heterocycles. The highest BCUT2D eigenvalue weighted by Gasteiger charge is 2.50. The quantitative estimate of drug-likeness (QED) is 0.528. The van der Waals surface area contributed by atoms with Gasteiger partial charge >= 0.3 is 0 Å². The van der Waals surface area contributed by atoms with Gasteiger partial charge in [-0.3, -0.25) is 19.6 Å². The topological polar surface area (TPSA) is 75.6 Å². The molecule has 0 radical (unpaired) electrons. The first-order valence-electron chi connectivity index (χ1n) is 10.2. The fourth-order valence-corrected chi connectivity index (χ4v) is 3.59. The van der Waals surface area contributed by atoms with Gasteiger partial charge in [0.1, 0.15) is 18.3 Å². The average Bonchev–Trinajstić information content (AvgIpc) is 2.83. The van der Waals surface area contributed by atoms with E-state index >= 15 is 0 Å². The number of hydrogen-bond donors (Lipinski definition) is 0. The molecule has 2 atom stereocenters. The maximum Gasteiger partial charge on any atom is 0.267 e. The minimum absolute atomic E-state index is 0.000803.